The molecule has 0 aliphatic carbocycles. The van der Waals surface area contributed by atoms with Crippen LogP contribution < -0.4 is 10.6 Å². The van der Waals surface area contributed by atoms with Gasteiger partial charge in [0, 0.05) is 32.5 Å². The molecule has 1 aliphatic rings. The van der Waals surface area contributed by atoms with Gasteiger partial charge in [0.1, 0.15) is 6.04 Å². The number of rotatable bonds is 18. The van der Waals surface area contributed by atoms with Crippen molar-refractivity contribution in [3.63, 3.8) is 0 Å². The molecule has 0 radical (unpaired) electrons. The highest BCUT2D eigenvalue weighted by molar-refractivity contribution is 5.87. The van der Waals surface area contributed by atoms with Gasteiger partial charge in [0.25, 0.3) is 0 Å². The number of carbonyl (C=O) groups is 2. The SMILES string of the molecule is CCCCCCCCCCCC(=O)NC(Cc1ccccc1)C(=O)NCCCN1CCOCC1. The molecule has 0 bridgehead atoms. The topological polar surface area (TPSA) is 70.7 Å². The third kappa shape index (κ3) is 13.1. The molecule has 2 rings (SSSR count). The average Bonchev–Trinajstić information content (AvgIpc) is 2.86. The van der Waals surface area contributed by atoms with Gasteiger partial charge in [-0.3, -0.25) is 14.5 Å². The lowest BCUT2D eigenvalue weighted by molar-refractivity contribution is -0.129. The second-order valence-corrected chi connectivity index (χ2v) is 9.49. The van der Waals surface area contributed by atoms with E-state index in [4.69, 9.17) is 4.74 Å². The Labute approximate surface area is 207 Å². The van der Waals surface area contributed by atoms with E-state index in [0.717, 1.165) is 57.7 Å². The van der Waals surface area contributed by atoms with Crippen LogP contribution in [-0.2, 0) is 20.7 Å². The van der Waals surface area contributed by atoms with Crippen LogP contribution in [0.5, 0.6) is 0 Å². The van der Waals surface area contributed by atoms with E-state index in [0.29, 0.717) is 19.4 Å². The number of nitrogens with zero attached hydrogens (tertiary/aromatic N) is 1. The fourth-order valence-electron chi connectivity index (χ4n) is 4.38. The Balaban J connectivity index is 1.68. The Kier molecular flexibility index (Phi) is 15.3. The lowest BCUT2D eigenvalue weighted by atomic mass is 10.0. The van der Waals surface area contributed by atoms with E-state index in [1.165, 1.54) is 44.9 Å². The predicted octanol–water partition coefficient (Wildman–Crippen LogP) is 4.47. The Hall–Kier alpha value is -1.92. The summed E-state index contributed by atoms with van der Waals surface area (Å²) < 4.78 is 5.38. The largest absolute Gasteiger partial charge is 0.379 e. The van der Waals surface area contributed by atoms with Crippen LogP contribution in [0.25, 0.3) is 0 Å². The van der Waals surface area contributed by atoms with Crippen LogP contribution in [0.1, 0.15) is 83.1 Å². The average molecular weight is 474 g/mol. The number of unbranched alkanes of at least 4 members (excludes halogenated alkanes) is 8. The fraction of sp³-hybridized carbons (Fsp3) is 0.714. The molecule has 1 aromatic rings. The molecule has 34 heavy (non-hydrogen) atoms. The lowest BCUT2D eigenvalue weighted by Gasteiger charge is -2.26. The number of benzene rings is 1. The van der Waals surface area contributed by atoms with E-state index >= 15 is 0 Å². The Morgan fingerprint density at radius 1 is 0.912 bits per heavy atom. The quantitative estimate of drug-likeness (QED) is 0.309. The minimum absolute atomic E-state index is 0.0210. The van der Waals surface area contributed by atoms with Crippen LogP contribution in [0, 0.1) is 0 Å². The molecule has 1 saturated heterocycles. The maximum atomic E-state index is 12.9. The molecular formula is C28H47N3O3. The highest BCUT2D eigenvalue weighted by Gasteiger charge is 2.21. The standard InChI is InChI=1S/C28H47N3O3/c1-2-3-4-5-6-7-8-9-13-17-27(32)30-26(24-25-15-11-10-12-16-25)28(33)29-18-14-19-31-20-22-34-23-21-31/h10-12,15-16,26H,2-9,13-14,17-24H2,1H3,(H,29,33)(H,30,32). The highest BCUT2D eigenvalue weighted by atomic mass is 16.5. The molecule has 6 nitrogen and oxygen atoms in total. The molecule has 0 aromatic heterocycles. The number of carbonyl (C=O) groups excluding carboxylic acids is 2. The zero-order valence-electron chi connectivity index (χ0n) is 21.4. The number of nitrogens with one attached hydrogen (secondary N) is 2. The molecule has 6 heteroatoms. The van der Waals surface area contributed by atoms with E-state index in [1.807, 2.05) is 30.3 Å². The van der Waals surface area contributed by atoms with Crippen molar-refractivity contribution >= 4 is 11.8 Å². The number of hydrogen-bond acceptors (Lipinski definition) is 4. The molecule has 1 heterocycles. The van der Waals surface area contributed by atoms with E-state index in [1.54, 1.807) is 0 Å². The van der Waals surface area contributed by atoms with Crippen molar-refractivity contribution < 1.29 is 14.3 Å². The third-order valence-electron chi connectivity index (χ3n) is 6.50. The summed E-state index contributed by atoms with van der Waals surface area (Å²) in [4.78, 5) is 27.8. The summed E-state index contributed by atoms with van der Waals surface area (Å²) in [6.07, 6.45) is 12.9. The summed E-state index contributed by atoms with van der Waals surface area (Å²) in [5.74, 6) is -0.112. The molecular weight excluding hydrogens is 426 g/mol. The van der Waals surface area contributed by atoms with Crippen molar-refractivity contribution in [2.24, 2.45) is 0 Å². The van der Waals surface area contributed by atoms with Gasteiger partial charge >= 0.3 is 0 Å². The molecule has 1 unspecified atom stereocenters. The Bertz CT molecular complexity index is 662. The van der Waals surface area contributed by atoms with Crippen molar-refractivity contribution in [2.45, 2.75) is 90.0 Å². The molecule has 2 N–H and O–H groups in total. The Morgan fingerprint density at radius 3 is 2.24 bits per heavy atom. The molecule has 0 spiro atoms. The highest BCUT2D eigenvalue weighted by Crippen LogP contribution is 2.11. The normalized spacial score (nSPS) is 15.1. The molecule has 0 saturated carbocycles. The van der Waals surface area contributed by atoms with E-state index in [2.05, 4.69) is 22.5 Å². The minimum Gasteiger partial charge on any atom is -0.379 e. The smallest absolute Gasteiger partial charge is 0.242 e. The zero-order valence-corrected chi connectivity index (χ0v) is 21.4. The van der Waals surface area contributed by atoms with Crippen LogP contribution in [0.3, 0.4) is 0 Å². The molecule has 192 valence electrons. The molecule has 2 amide bonds. The first-order valence-electron chi connectivity index (χ1n) is 13.6. The molecule has 1 aromatic carbocycles. The van der Waals surface area contributed by atoms with Gasteiger partial charge in [-0.05, 0) is 24.9 Å². The van der Waals surface area contributed by atoms with Gasteiger partial charge in [0.2, 0.25) is 11.8 Å². The summed E-state index contributed by atoms with van der Waals surface area (Å²) >= 11 is 0. The van der Waals surface area contributed by atoms with Crippen molar-refractivity contribution in [3.8, 4) is 0 Å². The summed E-state index contributed by atoms with van der Waals surface area (Å²) in [7, 11) is 0. The monoisotopic (exact) mass is 473 g/mol. The Morgan fingerprint density at radius 2 is 1.56 bits per heavy atom. The number of ether oxygens (including phenoxy) is 1. The number of amides is 2. The van der Waals surface area contributed by atoms with Crippen molar-refractivity contribution in [2.75, 3.05) is 39.4 Å². The summed E-state index contributed by atoms with van der Waals surface area (Å²) in [5, 5.41) is 6.04. The number of hydrogen-bond donors (Lipinski definition) is 2. The number of morpholine rings is 1. The van der Waals surface area contributed by atoms with E-state index in [9.17, 15) is 9.59 Å². The van der Waals surface area contributed by atoms with Gasteiger partial charge in [0.05, 0.1) is 13.2 Å². The van der Waals surface area contributed by atoms with Crippen molar-refractivity contribution in [3.05, 3.63) is 35.9 Å². The maximum Gasteiger partial charge on any atom is 0.242 e. The van der Waals surface area contributed by atoms with Gasteiger partial charge in [-0.25, -0.2) is 0 Å². The van der Waals surface area contributed by atoms with Gasteiger partial charge in [-0.1, -0.05) is 88.6 Å². The van der Waals surface area contributed by atoms with E-state index in [-0.39, 0.29) is 11.8 Å². The molecule has 1 fully saturated rings. The first-order chi connectivity index (χ1) is 16.7. The van der Waals surface area contributed by atoms with Gasteiger partial charge in [0.15, 0.2) is 0 Å². The van der Waals surface area contributed by atoms with Crippen LogP contribution in [0.4, 0.5) is 0 Å². The minimum atomic E-state index is -0.531. The lowest BCUT2D eigenvalue weighted by Crippen LogP contribution is -2.48. The fourth-order valence-corrected chi connectivity index (χ4v) is 4.38. The predicted molar refractivity (Wildman–Crippen MR) is 139 cm³/mol. The summed E-state index contributed by atoms with van der Waals surface area (Å²) in [6, 6.07) is 9.38. The van der Waals surface area contributed by atoms with Crippen LogP contribution in [0.2, 0.25) is 0 Å². The van der Waals surface area contributed by atoms with Gasteiger partial charge in [-0.15, -0.1) is 0 Å². The summed E-state index contributed by atoms with van der Waals surface area (Å²) in [6.45, 7) is 7.31. The first kappa shape index (κ1) is 28.3. The molecule has 1 aliphatic heterocycles. The second kappa shape index (κ2) is 18.4. The van der Waals surface area contributed by atoms with Gasteiger partial charge in [-0.2, -0.15) is 0 Å². The van der Waals surface area contributed by atoms with Crippen LogP contribution in [0.15, 0.2) is 30.3 Å². The molecule has 1 atom stereocenters. The first-order valence-corrected chi connectivity index (χ1v) is 13.6. The second-order valence-electron chi connectivity index (χ2n) is 9.49. The maximum absolute atomic E-state index is 12.9. The van der Waals surface area contributed by atoms with Crippen LogP contribution >= 0.6 is 0 Å². The van der Waals surface area contributed by atoms with Crippen molar-refractivity contribution in [1.82, 2.24) is 15.5 Å². The zero-order chi connectivity index (χ0) is 24.3. The van der Waals surface area contributed by atoms with Gasteiger partial charge < -0.3 is 15.4 Å². The van der Waals surface area contributed by atoms with Crippen LogP contribution in [-0.4, -0.2) is 62.1 Å². The van der Waals surface area contributed by atoms with Crippen molar-refractivity contribution in [1.29, 1.82) is 0 Å². The summed E-state index contributed by atoms with van der Waals surface area (Å²) in [5.41, 5.74) is 1.05. The third-order valence-corrected chi connectivity index (χ3v) is 6.50. The van der Waals surface area contributed by atoms with E-state index < -0.39 is 6.04 Å².